The van der Waals surface area contributed by atoms with Crippen LogP contribution in [0.15, 0.2) is 59.2 Å². The van der Waals surface area contributed by atoms with Gasteiger partial charge in [-0.3, -0.25) is 9.69 Å². The fourth-order valence-corrected chi connectivity index (χ4v) is 4.01. The molecular formula is C25H28N2O3. The Kier molecular flexibility index (Phi) is 5.14. The van der Waals surface area contributed by atoms with Crippen LogP contribution in [0, 0.1) is 12.8 Å². The number of rotatable bonds is 4. The zero-order valence-electron chi connectivity index (χ0n) is 18.2. The van der Waals surface area contributed by atoms with Crippen molar-refractivity contribution in [2.24, 2.45) is 10.9 Å². The molecule has 0 spiro atoms. The quantitative estimate of drug-likeness (QED) is 0.715. The number of nitrogens with zero attached hydrogens (tertiary/aromatic N) is 2. The monoisotopic (exact) mass is 404 g/mol. The predicted octanol–water partition coefficient (Wildman–Crippen LogP) is 5.07. The molecule has 2 heterocycles. The summed E-state index contributed by atoms with van der Waals surface area (Å²) in [6, 6.07) is 13.7. The van der Waals surface area contributed by atoms with Gasteiger partial charge in [0.1, 0.15) is 11.4 Å². The minimum absolute atomic E-state index is 0.0559. The fourth-order valence-electron chi connectivity index (χ4n) is 4.01. The van der Waals surface area contributed by atoms with Crippen LogP contribution >= 0.6 is 0 Å². The molecule has 0 fully saturated rings. The largest absolute Gasteiger partial charge is 0.483 e. The highest BCUT2D eigenvalue weighted by molar-refractivity contribution is 6.19. The summed E-state index contributed by atoms with van der Waals surface area (Å²) in [7, 11) is 0. The number of carbonyl (C=O) groups is 1. The average molecular weight is 405 g/mol. The number of hydrogen-bond donors (Lipinski definition) is 0. The summed E-state index contributed by atoms with van der Waals surface area (Å²) in [4.78, 5) is 19.6. The molecule has 1 atom stereocenters. The van der Waals surface area contributed by atoms with E-state index in [1.165, 1.54) is 0 Å². The maximum absolute atomic E-state index is 13.3. The van der Waals surface area contributed by atoms with Gasteiger partial charge in [-0.1, -0.05) is 42.8 Å². The first kappa shape index (κ1) is 20.2. The van der Waals surface area contributed by atoms with Crippen LogP contribution in [0.1, 0.15) is 38.8 Å². The second-order valence-corrected chi connectivity index (χ2v) is 8.70. The van der Waals surface area contributed by atoms with Crippen LogP contribution in [0.2, 0.25) is 0 Å². The van der Waals surface area contributed by atoms with Crippen LogP contribution in [-0.4, -0.2) is 24.0 Å². The third-order valence-corrected chi connectivity index (χ3v) is 5.37. The van der Waals surface area contributed by atoms with Gasteiger partial charge in [-0.2, -0.15) is 0 Å². The standard InChI is InChI=1S/C25H28N2O3/c1-16-9-11-20(12-10-16)27(24-17(2)13-18(3)26-24)22(28)15-29-21-8-6-7-19-14-25(4,5)30-23(19)21/h6-13,17H,14-15H2,1-5H3. The molecular weight excluding hydrogens is 376 g/mol. The van der Waals surface area contributed by atoms with Crippen molar-refractivity contribution in [3.63, 3.8) is 0 Å². The first-order valence-corrected chi connectivity index (χ1v) is 10.3. The average Bonchev–Trinajstić information content (AvgIpc) is 3.18. The van der Waals surface area contributed by atoms with Crippen molar-refractivity contribution >= 4 is 17.4 Å². The normalized spacial score (nSPS) is 18.9. The van der Waals surface area contributed by atoms with Crippen molar-refractivity contribution < 1.29 is 14.3 Å². The smallest absolute Gasteiger partial charge is 0.270 e. The molecule has 0 aromatic heterocycles. The third kappa shape index (κ3) is 3.97. The molecule has 0 saturated carbocycles. The highest BCUT2D eigenvalue weighted by Gasteiger charge is 2.33. The van der Waals surface area contributed by atoms with Gasteiger partial charge in [0.05, 0.1) is 5.69 Å². The Morgan fingerprint density at radius 3 is 2.60 bits per heavy atom. The van der Waals surface area contributed by atoms with Crippen LogP contribution in [0.25, 0.3) is 0 Å². The Morgan fingerprint density at radius 1 is 1.20 bits per heavy atom. The summed E-state index contributed by atoms with van der Waals surface area (Å²) in [6.07, 6.45) is 2.88. The molecule has 0 N–H and O–H groups in total. The lowest BCUT2D eigenvalue weighted by atomic mass is 10.0. The number of ether oxygens (including phenoxy) is 2. The van der Waals surface area contributed by atoms with E-state index < -0.39 is 0 Å². The number of para-hydroxylation sites is 1. The molecule has 2 aromatic carbocycles. The van der Waals surface area contributed by atoms with E-state index in [0.29, 0.717) is 5.75 Å². The Morgan fingerprint density at radius 2 is 1.93 bits per heavy atom. The molecule has 0 radical (unpaired) electrons. The Labute approximate surface area is 178 Å². The molecule has 1 amide bonds. The van der Waals surface area contributed by atoms with Crippen molar-refractivity contribution in [3.8, 4) is 11.5 Å². The third-order valence-electron chi connectivity index (χ3n) is 5.37. The van der Waals surface area contributed by atoms with Gasteiger partial charge in [-0.15, -0.1) is 0 Å². The molecule has 2 aliphatic heterocycles. The van der Waals surface area contributed by atoms with Crippen LogP contribution in [0.4, 0.5) is 5.69 Å². The predicted molar refractivity (Wildman–Crippen MR) is 119 cm³/mol. The zero-order chi connectivity index (χ0) is 21.5. The van der Waals surface area contributed by atoms with E-state index >= 15 is 0 Å². The van der Waals surface area contributed by atoms with Crippen molar-refractivity contribution in [1.29, 1.82) is 0 Å². The first-order chi connectivity index (χ1) is 14.2. The van der Waals surface area contributed by atoms with Gasteiger partial charge in [-0.25, -0.2) is 4.99 Å². The molecule has 156 valence electrons. The van der Waals surface area contributed by atoms with Crippen molar-refractivity contribution in [3.05, 3.63) is 65.4 Å². The minimum atomic E-state index is -0.267. The summed E-state index contributed by atoms with van der Waals surface area (Å²) < 4.78 is 12.0. The zero-order valence-corrected chi connectivity index (χ0v) is 18.2. The maximum atomic E-state index is 13.3. The van der Waals surface area contributed by atoms with E-state index in [0.717, 1.165) is 40.5 Å². The van der Waals surface area contributed by atoms with Gasteiger partial charge in [0, 0.05) is 23.6 Å². The molecule has 5 heteroatoms. The number of allylic oxidation sites excluding steroid dienone is 1. The number of aliphatic imine (C=N–C) groups is 1. The van der Waals surface area contributed by atoms with E-state index in [4.69, 9.17) is 9.47 Å². The number of anilines is 1. The molecule has 5 nitrogen and oxygen atoms in total. The number of fused-ring (bicyclic) bond motifs is 1. The number of carbonyl (C=O) groups excluding carboxylic acids is 1. The summed E-state index contributed by atoms with van der Waals surface area (Å²) in [5, 5.41) is 0. The lowest BCUT2D eigenvalue weighted by Crippen LogP contribution is -2.42. The van der Waals surface area contributed by atoms with Crippen molar-refractivity contribution in [2.45, 2.75) is 46.6 Å². The molecule has 1 unspecified atom stereocenters. The van der Waals surface area contributed by atoms with E-state index in [1.54, 1.807) is 4.90 Å². The van der Waals surface area contributed by atoms with Gasteiger partial charge in [0.25, 0.3) is 5.91 Å². The fraction of sp³-hybridized carbons (Fsp3) is 0.360. The van der Waals surface area contributed by atoms with Gasteiger partial charge >= 0.3 is 0 Å². The number of benzene rings is 2. The van der Waals surface area contributed by atoms with Gasteiger partial charge < -0.3 is 9.47 Å². The Bertz CT molecular complexity index is 1030. The highest BCUT2D eigenvalue weighted by atomic mass is 16.5. The van der Waals surface area contributed by atoms with Crippen LogP contribution in [0.3, 0.4) is 0 Å². The lowest BCUT2D eigenvalue weighted by Gasteiger charge is -2.25. The number of aryl methyl sites for hydroxylation is 1. The van der Waals surface area contributed by atoms with Gasteiger partial charge in [0.15, 0.2) is 18.1 Å². The van der Waals surface area contributed by atoms with Crippen LogP contribution in [0.5, 0.6) is 11.5 Å². The SMILES string of the molecule is CC1=CC(C)C(N(C(=O)COc2cccc3c2OC(C)(C)C3)c2ccc(C)cc2)=N1. The minimum Gasteiger partial charge on any atom is -0.483 e. The molecule has 2 aliphatic rings. The second kappa shape index (κ2) is 7.63. The van der Waals surface area contributed by atoms with Gasteiger partial charge in [0.2, 0.25) is 0 Å². The van der Waals surface area contributed by atoms with E-state index in [2.05, 4.69) is 24.9 Å². The molecule has 0 saturated heterocycles. The molecule has 0 aliphatic carbocycles. The molecule has 4 rings (SSSR count). The lowest BCUT2D eigenvalue weighted by molar-refractivity contribution is -0.119. The second-order valence-electron chi connectivity index (χ2n) is 8.70. The molecule has 0 bridgehead atoms. The van der Waals surface area contributed by atoms with Crippen molar-refractivity contribution in [1.82, 2.24) is 0 Å². The first-order valence-electron chi connectivity index (χ1n) is 10.3. The summed E-state index contributed by atoms with van der Waals surface area (Å²) >= 11 is 0. The topological polar surface area (TPSA) is 51.1 Å². The summed E-state index contributed by atoms with van der Waals surface area (Å²) in [5.41, 5.74) is 3.68. The number of amides is 1. The van der Waals surface area contributed by atoms with E-state index in [-0.39, 0.29) is 24.0 Å². The van der Waals surface area contributed by atoms with Crippen LogP contribution < -0.4 is 14.4 Å². The maximum Gasteiger partial charge on any atom is 0.270 e. The Balaban J connectivity index is 1.58. The summed E-state index contributed by atoms with van der Waals surface area (Å²) in [6.45, 7) is 10.0. The van der Waals surface area contributed by atoms with E-state index in [1.807, 2.05) is 63.2 Å². The van der Waals surface area contributed by atoms with E-state index in [9.17, 15) is 4.79 Å². The highest BCUT2D eigenvalue weighted by Crippen LogP contribution is 2.41. The Hall–Kier alpha value is -3.08. The summed E-state index contributed by atoms with van der Waals surface area (Å²) in [5.74, 6) is 1.95. The number of hydrogen-bond acceptors (Lipinski definition) is 4. The van der Waals surface area contributed by atoms with Gasteiger partial charge in [-0.05, 0) is 45.9 Å². The van der Waals surface area contributed by atoms with Crippen molar-refractivity contribution in [2.75, 3.05) is 11.5 Å². The number of amidine groups is 1. The van der Waals surface area contributed by atoms with Crippen LogP contribution in [-0.2, 0) is 11.2 Å². The molecule has 2 aromatic rings. The molecule has 30 heavy (non-hydrogen) atoms.